The average Bonchev–Trinajstić information content (AvgIpc) is 2.22. The van der Waals surface area contributed by atoms with E-state index < -0.39 is 39.3 Å². The molecule has 0 atom stereocenters. The van der Waals surface area contributed by atoms with Gasteiger partial charge in [0.1, 0.15) is 0 Å². The summed E-state index contributed by atoms with van der Waals surface area (Å²) in [6.07, 6.45) is -9.76. The third kappa shape index (κ3) is 9.83. The van der Waals surface area contributed by atoms with Crippen LogP contribution < -0.4 is 0 Å². The summed E-state index contributed by atoms with van der Waals surface area (Å²) in [5, 5.41) is 8.29. The van der Waals surface area contributed by atoms with Crippen LogP contribution in [0.15, 0.2) is 11.6 Å². The normalized spacial score (nSPS) is 14.2. The fourth-order valence-electron chi connectivity index (χ4n) is 0.933. The number of halogens is 6. The van der Waals surface area contributed by atoms with Gasteiger partial charge in [0, 0.05) is 6.08 Å². The summed E-state index contributed by atoms with van der Waals surface area (Å²) in [4.78, 5) is 0. The van der Waals surface area contributed by atoms with Gasteiger partial charge in [-0.15, -0.1) is 0 Å². The first-order chi connectivity index (χ1) is 8.87. The Hall–Kier alpha value is -1.04. The summed E-state index contributed by atoms with van der Waals surface area (Å²) in [6.45, 7) is -2.83. The quantitative estimate of drug-likeness (QED) is 0.423. The lowest BCUT2D eigenvalue weighted by molar-refractivity contribution is -0.165. The van der Waals surface area contributed by atoms with Crippen molar-refractivity contribution in [3.63, 3.8) is 0 Å². The van der Waals surface area contributed by atoms with E-state index in [1.807, 2.05) is 0 Å². The third-order valence-corrected chi connectivity index (χ3v) is 3.53. The highest BCUT2D eigenvalue weighted by molar-refractivity contribution is 7.54. The SMILES string of the molecule is C/C(=C\C#N)CP(=O)(OCC(F)(F)F)OCC(F)(F)F. The molecule has 0 saturated carbocycles. The maximum absolute atomic E-state index is 12.0. The van der Waals surface area contributed by atoms with Gasteiger partial charge < -0.3 is 0 Å². The second-order valence-corrected chi connectivity index (χ2v) is 5.72. The topological polar surface area (TPSA) is 59.3 Å². The zero-order valence-corrected chi connectivity index (χ0v) is 11.0. The van der Waals surface area contributed by atoms with E-state index in [4.69, 9.17) is 5.26 Å². The van der Waals surface area contributed by atoms with Gasteiger partial charge in [-0.3, -0.25) is 13.6 Å². The van der Waals surface area contributed by atoms with E-state index in [-0.39, 0.29) is 5.57 Å². The van der Waals surface area contributed by atoms with Crippen LogP contribution in [-0.2, 0) is 13.6 Å². The standard InChI is InChI=1S/C9H10F6NO3P/c1-7(2-3-16)4-20(17,18-5-8(10,11)12)19-6-9(13,14)15/h2H,4-6H2,1H3/b7-2+. The van der Waals surface area contributed by atoms with Gasteiger partial charge in [0.2, 0.25) is 0 Å². The molecule has 116 valence electrons. The van der Waals surface area contributed by atoms with Crippen LogP contribution >= 0.6 is 7.60 Å². The molecule has 0 aromatic rings. The van der Waals surface area contributed by atoms with Gasteiger partial charge in [0.05, 0.1) is 12.2 Å². The minimum absolute atomic E-state index is 0.0276. The molecule has 4 nitrogen and oxygen atoms in total. The molecule has 0 saturated heterocycles. The van der Waals surface area contributed by atoms with Gasteiger partial charge in [-0.25, -0.2) is 0 Å². The van der Waals surface area contributed by atoms with Crippen molar-refractivity contribution in [3.8, 4) is 6.07 Å². The molecule has 0 bridgehead atoms. The molecular formula is C9H10F6NO3P. The molecule has 0 aliphatic carbocycles. The van der Waals surface area contributed by atoms with Gasteiger partial charge in [-0.05, 0) is 6.92 Å². The zero-order chi connectivity index (χ0) is 16.0. The first kappa shape index (κ1) is 19.0. The van der Waals surface area contributed by atoms with E-state index in [0.717, 1.165) is 6.08 Å². The van der Waals surface area contributed by atoms with Crippen LogP contribution in [0, 0.1) is 11.3 Å². The minimum Gasteiger partial charge on any atom is -0.299 e. The maximum Gasteiger partial charge on any atom is 0.412 e. The average molecular weight is 325 g/mol. The Morgan fingerprint density at radius 3 is 1.85 bits per heavy atom. The highest BCUT2D eigenvalue weighted by atomic mass is 31.2. The Morgan fingerprint density at radius 2 is 1.55 bits per heavy atom. The van der Waals surface area contributed by atoms with Gasteiger partial charge >= 0.3 is 19.9 Å². The predicted molar refractivity (Wildman–Crippen MR) is 55.9 cm³/mol. The number of nitriles is 1. The lowest BCUT2D eigenvalue weighted by atomic mass is 10.3. The maximum atomic E-state index is 12.0. The Labute approximate surface area is 110 Å². The number of allylic oxidation sites excluding steroid dienone is 2. The molecule has 0 N–H and O–H groups in total. The van der Waals surface area contributed by atoms with Crippen molar-refractivity contribution >= 4 is 7.60 Å². The fraction of sp³-hybridized carbons (Fsp3) is 0.667. The Kier molecular flexibility index (Phi) is 6.74. The summed E-state index contributed by atoms with van der Waals surface area (Å²) in [7, 11) is -4.66. The zero-order valence-electron chi connectivity index (χ0n) is 10.1. The Balaban J connectivity index is 4.90. The van der Waals surface area contributed by atoms with E-state index in [9.17, 15) is 30.9 Å². The van der Waals surface area contributed by atoms with Crippen molar-refractivity contribution in [1.29, 1.82) is 5.26 Å². The predicted octanol–water partition coefficient (Wildman–Crippen LogP) is 3.81. The van der Waals surface area contributed by atoms with Crippen molar-refractivity contribution in [2.24, 2.45) is 0 Å². The molecule has 20 heavy (non-hydrogen) atoms. The second-order valence-electron chi connectivity index (χ2n) is 3.67. The molecule has 0 amide bonds. The summed E-state index contributed by atoms with van der Waals surface area (Å²) >= 11 is 0. The number of hydrogen-bond acceptors (Lipinski definition) is 4. The monoisotopic (exact) mass is 325 g/mol. The molecule has 0 aromatic heterocycles. The molecule has 0 rings (SSSR count). The molecule has 0 aliphatic heterocycles. The van der Waals surface area contributed by atoms with Crippen LogP contribution in [0.4, 0.5) is 26.3 Å². The third-order valence-electron chi connectivity index (χ3n) is 1.60. The molecule has 0 heterocycles. The van der Waals surface area contributed by atoms with Crippen molar-refractivity contribution in [1.82, 2.24) is 0 Å². The number of nitrogens with zero attached hydrogens (tertiary/aromatic N) is 1. The molecule has 0 radical (unpaired) electrons. The molecule has 0 spiro atoms. The Morgan fingerprint density at radius 1 is 1.15 bits per heavy atom. The van der Waals surface area contributed by atoms with Crippen LogP contribution in [0.3, 0.4) is 0 Å². The molecule has 0 fully saturated rings. The van der Waals surface area contributed by atoms with Crippen LogP contribution in [0.25, 0.3) is 0 Å². The molecule has 0 unspecified atom stereocenters. The highest BCUT2D eigenvalue weighted by Gasteiger charge is 2.38. The summed E-state index contributed by atoms with van der Waals surface area (Å²) in [5.41, 5.74) is -0.0276. The smallest absolute Gasteiger partial charge is 0.299 e. The largest absolute Gasteiger partial charge is 0.412 e. The molecule has 11 heteroatoms. The second kappa shape index (κ2) is 7.11. The van der Waals surface area contributed by atoms with E-state index in [0.29, 0.717) is 0 Å². The number of rotatable bonds is 6. The molecule has 0 aliphatic rings. The van der Waals surface area contributed by atoms with Gasteiger partial charge in [-0.2, -0.15) is 31.6 Å². The lowest BCUT2D eigenvalue weighted by Crippen LogP contribution is -2.20. The van der Waals surface area contributed by atoms with E-state index in [1.54, 1.807) is 0 Å². The van der Waals surface area contributed by atoms with Crippen molar-refractivity contribution in [2.45, 2.75) is 19.3 Å². The van der Waals surface area contributed by atoms with Crippen molar-refractivity contribution in [2.75, 3.05) is 19.4 Å². The minimum atomic E-state index is -4.87. The molecule has 0 aromatic carbocycles. The van der Waals surface area contributed by atoms with Crippen molar-refractivity contribution < 1.29 is 40.0 Å². The fourth-order valence-corrected chi connectivity index (χ4v) is 2.58. The highest BCUT2D eigenvalue weighted by Crippen LogP contribution is 2.51. The summed E-state index contributed by atoms with van der Waals surface area (Å²) in [5.74, 6) is 0. The van der Waals surface area contributed by atoms with Gasteiger partial charge in [0.15, 0.2) is 13.2 Å². The van der Waals surface area contributed by atoms with Gasteiger partial charge in [-0.1, -0.05) is 5.57 Å². The van der Waals surface area contributed by atoms with E-state index in [1.165, 1.54) is 13.0 Å². The van der Waals surface area contributed by atoms with Crippen LogP contribution in [0.5, 0.6) is 0 Å². The van der Waals surface area contributed by atoms with Crippen LogP contribution in [0.2, 0.25) is 0 Å². The van der Waals surface area contributed by atoms with Gasteiger partial charge in [0.25, 0.3) is 0 Å². The summed E-state index contributed by atoms with van der Waals surface area (Å²) < 4.78 is 91.5. The van der Waals surface area contributed by atoms with E-state index >= 15 is 0 Å². The van der Waals surface area contributed by atoms with Crippen molar-refractivity contribution in [3.05, 3.63) is 11.6 Å². The number of hydrogen-bond donors (Lipinski definition) is 0. The van der Waals surface area contributed by atoms with Crippen LogP contribution in [0.1, 0.15) is 6.92 Å². The van der Waals surface area contributed by atoms with E-state index in [2.05, 4.69) is 9.05 Å². The first-order valence-corrected chi connectivity index (χ1v) is 6.66. The summed E-state index contributed by atoms with van der Waals surface area (Å²) in [6, 6.07) is 1.50. The lowest BCUT2D eigenvalue weighted by Gasteiger charge is -2.20. The Bertz CT molecular complexity index is 414. The number of alkyl halides is 6. The first-order valence-electron chi connectivity index (χ1n) is 4.94. The molecular weight excluding hydrogens is 315 g/mol. The van der Waals surface area contributed by atoms with Crippen LogP contribution in [-0.4, -0.2) is 31.7 Å².